The summed E-state index contributed by atoms with van der Waals surface area (Å²) in [7, 11) is 1.57. The zero-order chi connectivity index (χ0) is 23.6. The number of hydrogen-bond acceptors (Lipinski definition) is 6. The summed E-state index contributed by atoms with van der Waals surface area (Å²) in [4.78, 5) is 0. The van der Waals surface area contributed by atoms with Gasteiger partial charge in [-0.1, -0.05) is 91.0 Å². The maximum atomic E-state index is 10.1. The van der Waals surface area contributed by atoms with Gasteiger partial charge in [-0.3, -0.25) is 0 Å². The monoisotopic (exact) mass is 464 g/mol. The summed E-state index contributed by atoms with van der Waals surface area (Å²) in [6.45, 7) is 0.876. The van der Waals surface area contributed by atoms with Gasteiger partial charge in [0.05, 0.1) is 26.4 Å². The number of aliphatic hydroxyl groups is 1. The van der Waals surface area contributed by atoms with Crippen LogP contribution in [0.5, 0.6) is 0 Å². The van der Waals surface area contributed by atoms with Crippen molar-refractivity contribution < 1.29 is 28.8 Å². The number of methoxy groups -OCH3 is 1. The highest BCUT2D eigenvalue weighted by atomic mass is 16.7. The largest absolute Gasteiger partial charge is 0.394 e. The molecule has 1 aliphatic rings. The summed E-state index contributed by atoms with van der Waals surface area (Å²) in [6, 6.07) is 29.8. The standard InChI is InChI=1S/C28H32O6/c1-30-28-27(33-20-23-15-9-4-10-16-23)26(32-19-22-13-7-3-8-14-22)25(24(17-29)34-28)31-18-21-11-5-2-6-12-21/h2-16,24-29H,17-20H2,1H3/t24-,25-,26+,27+,28?/m1/s1. The third-order valence-corrected chi connectivity index (χ3v) is 5.86. The molecule has 0 spiro atoms. The van der Waals surface area contributed by atoms with Gasteiger partial charge in [0.15, 0.2) is 6.29 Å². The van der Waals surface area contributed by atoms with Crippen LogP contribution in [0.25, 0.3) is 0 Å². The van der Waals surface area contributed by atoms with E-state index in [2.05, 4.69) is 0 Å². The number of aliphatic hydroxyl groups excluding tert-OH is 1. The van der Waals surface area contributed by atoms with Gasteiger partial charge in [-0.2, -0.15) is 0 Å². The van der Waals surface area contributed by atoms with Crippen molar-refractivity contribution in [3.63, 3.8) is 0 Å². The van der Waals surface area contributed by atoms with Gasteiger partial charge in [-0.25, -0.2) is 0 Å². The average molecular weight is 465 g/mol. The van der Waals surface area contributed by atoms with Gasteiger partial charge in [0.25, 0.3) is 0 Å². The first-order chi connectivity index (χ1) is 16.8. The van der Waals surface area contributed by atoms with E-state index in [1.807, 2.05) is 91.0 Å². The van der Waals surface area contributed by atoms with Crippen molar-refractivity contribution in [3.05, 3.63) is 108 Å². The Kier molecular flexibility index (Phi) is 9.21. The van der Waals surface area contributed by atoms with Crippen molar-refractivity contribution in [1.29, 1.82) is 0 Å². The Hall–Kier alpha value is -2.58. The van der Waals surface area contributed by atoms with Gasteiger partial charge in [0.2, 0.25) is 0 Å². The van der Waals surface area contributed by atoms with Crippen molar-refractivity contribution in [2.24, 2.45) is 0 Å². The molecule has 1 saturated heterocycles. The van der Waals surface area contributed by atoms with Crippen LogP contribution in [0.15, 0.2) is 91.0 Å². The van der Waals surface area contributed by atoms with E-state index in [9.17, 15) is 5.11 Å². The van der Waals surface area contributed by atoms with E-state index >= 15 is 0 Å². The number of benzene rings is 3. The quantitative estimate of drug-likeness (QED) is 0.461. The maximum absolute atomic E-state index is 10.1. The Balaban J connectivity index is 1.56. The second-order valence-electron chi connectivity index (χ2n) is 8.24. The highest BCUT2D eigenvalue weighted by Crippen LogP contribution is 2.30. The summed E-state index contributed by atoms with van der Waals surface area (Å²) in [5.74, 6) is 0. The van der Waals surface area contributed by atoms with Crippen LogP contribution >= 0.6 is 0 Å². The van der Waals surface area contributed by atoms with Crippen LogP contribution < -0.4 is 0 Å². The van der Waals surface area contributed by atoms with E-state index in [1.165, 1.54) is 0 Å². The fourth-order valence-electron chi connectivity index (χ4n) is 4.08. The molecule has 4 rings (SSSR count). The summed E-state index contributed by atoms with van der Waals surface area (Å²) in [5.41, 5.74) is 3.09. The number of ether oxygens (including phenoxy) is 5. The molecule has 0 aliphatic carbocycles. The van der Waals surface area contributed by atoms with Crippen LogP contribution in [-0.4, -0.2) is 49.5 Å². The molecule has 1 aliphatic heterocycles. The molecule has 1 N–H and O–H groups in total. The summed E-state index contributed by atoms with van der Waals surface area (Å²) < 4.78 is 30.7. The Morgan fingerprint density at radius 3 is 1.44 bits per heavy atom. The van der Waals surface area contributed by atoms with Crippen molar-refractivity contribution in [3.8, 4) is 0 Å². The third-order valence-electron chi connectivity index (χ3n) is 5.86. The predicted molar refractivity (Wildman–Crippen MR) is 128 cm³/mol. The second-order valence-corrected chi connectivity index (χ2v) is 8.24. The smallest absolute Gasteiger partial charge is 0.186 e. The number of rotatable bonds is 11. The van der Waals surface area contributed by atoms with E-state index in [4.69, 9.17) is 23.7 Å². The molecule has 6 heteroatoms. The molecular formula is C28H32O6. The van der Waals surface area contributed by atoms with Crippen molar-refractivity contribution in [2.75, 3.05) is 13.7 Å². The Morgan fingerprint density at radius 1 is 0.618 bits per heavy atom. The van der Waals surface area contributed by atoms with Crippen molar-refractivity contribution in [2.45, 2.75) is 50.5 Å². The molecule has 0 amide bonds. The zero-order valence-electron chi connectivity index (χ0n) is 19.4. The molecule has 0 radical (unpaired) electrons. The molecule has 6 nitrogen and oxygen atoms in total. The fraction of sp³-hybridized carbons (Fsp3) is 0.357. The topological polar surface area (TPSA) is 66.4 Å². The molecule has 34 heavy (non-hydrogen) atoms. The molecule has 3 aromatic rings. The van der Waals surface area contributed by atoms with Crippen LogP contribution in [0.3, 0.4) is 0 Å². The van der Waals surface area contributed by atoms with E-state index in [1.54, 1.807) is 7.11 Å². The molecule has 1 heterocycles. The summed E-state index contributed by atoms with van der Waals surface area (Å²) >= 11 is 0. The van der Waals surface area contributed by atoms with Gasteiger partial charge < -0.3 is 28.8 Å². The molecule has 180 valence electrons. The molecule has 1 fully saturated rings. The Bertz CT molecular complexity index is 895. The van der Waals surface area contributed by atoms with Gasteiger partial charge >= 0.3 is 0 Å². The molecule has 3 aromatic carbocycles. The predicted octanol–water partition coefficient (Wildman–Crippen LogP) is 4.11. The highest BCUT2D eigenvalue weighted by Gasteiger charge is 2.48. The fourth-order valence-corrected chi connectivity index (χ4v) is 4.08. The lowest BCUT2D eigenvalue weighted by Gasteiger charge is -2.45. The Morgan fingerprint density at radius 2 is 1.03 bits per heavy atom. The van der Waals surface area contributed by atoms with Crippen LogP contribution in [0.2, 0.25) is 0 Å². The molecular weight excluding hydrogens is 432 g/mol. The van der Waals surface area contributed by atoms with Gasteiger partial charge in [0, 0.05) is 7.11 Å². The van der Waals surface area contributed by atoms with Crippen LogP contribution in [-0.2, 0) is 43.5 Å². The van der Waals surface area contributed by atoms with E-state index < -0.39 is 30.7 Å². The molecule has 0 saturated carbocycles. The van der Waals surface area contributed by atoms with Crippen molar-refractivity contribution >= 4 is 0 Å². The molecule has 5 atom stereocenters. The summed E-state index contributed by atoms with van der Waals surface area (Å²) in [5, 5.41) is 10.1. The highest BCUT2D eigenvalue weighted by molar-refractivity contribution is 5.15. The van der Waals surface area contributed by atoms with E-state index in [0.717, 1.165) is 16.7 Å². The molecule has 0 bridgehead atoms. The first-order valence-electron chi connectivity index (χ1n) is 11.5. The first kappa shape index (κ1) is 24.5. The lowest BCUT2D eigenvalue weighted by atomic mass is 9.98. The van der Waals surface area contributed by atoms with E-state index in [-0.39, 0.29) is 6.61 Å². The van der Waals surface area contributed by atoms with E-state index in [0.29, 0.717) is 19.8 Å². The van der Waals surface area contributed by atoms with Gasteiger partial charge in [-0.05, 0) is 16.7 Å². The lowest BCUT2D eigenvalue weighted by molar-refractivity contribution is -0.321. The van der Waals surface area contributed by atoms with Crippen LogP contribution in [0.4, 0.5) is 0 Å². The minimum atomic E-state index is -0.710. The van der Waals surface area contributed by atoms with Crippen LogP contribution in [0, 0.1) is 0 Å². The lowest BCUT2D eigenvalue weighted by Crippen LogP contribution is -2.61. The minimum absolute atomic E-state index is 0.226. The zero-order valence-corrected chi connectivity index (χ0v) is 19.4. The van der Waals surface area contributed by atoms with Gasteiger partial charge in [-0.15, -0.1) is 0 Å². The first-order valence-corrected chi connectivity index (χ1v) is 11.5. The summed E-state index contributed by atoms with van der Waals surface area (Å²) in [6.07, 6.45) is -2.97. The average Bonchev–Trinajstić information content (AvgIpc) is 2.91. The third kappa shape index (κ3) is 6.51. The molecule has 0 aromatic heterocycles. The van der Waals surface area contributed by atoms with Gasteiger partial charge in [0.1, 0.15) is 24.4 Å². The van der Waals surface area contributed by atoms with Crippen LogP contribution in [0.1, 0.15) is 16.7 Å². The molecule has 1 unspecified atom stereocenters. The van der Waals surface area contributed by atoms with Crippen molar-refractivity contribution in [1.82, 2.24) is 0 Å². The SMILES string of the molecule is COC1O[C@H](CO)[C@@H](OCc2ccccc2)[C@H](OCc2ccccc2)[C@@H]1OCc1ccccc1. The second kappa shape index (κ2) is 12.8. The maximum Gasteiger partial charge on any atom is 0.186 e. The Labute approximate surface area is 201 Å². The number of hydrogen-bond donors (Lipinski definition) is 1. The minimum Gasteiger partial charge on any atom is -0.394 e. The normalized spacial score (nSPS) is 24.7.